The van der Waals surface area contributed by atoms with E-state index in [1.165, 1.54) is 42.5 Å². The van der Waals surface area contributed by atoms with Gasteiger partial charge in [0.05, 0.1) is 17.7 Å². The molecule has 0 saturated carbocycles. The topological polar surface area (TPSA) is 93.4 Å². The van der Waals surface area contributed by atoms with E-state index in [-0.39, 0.29) is 80.1 Å². The Morgan fingerprint density at radius 3 is 1.62 bits per heavy atom. The minimum absolute atomic E-state index is 0.0507. The lowest BCUT2D eigenvalue weighted by Crippen LogP contribution is -2.14. The second-order valence-corrected chi connectivity index (χ2v) is 13.9. The van der Waals surface area contributed by atoms with Crippen LogP contribution in [0.25, 0.3) is 21.7 Å². The molecule has 0 atom stereocenters. The average molecular weight is 925 g/mol. The predicted octanol–water partition coefficient (Wildman–Crippen LogP) is 11.9. The van der Waals surface area contributed by atoms with E-state index in [2.05, 4.69) is 31.9 Å². The zero-order chi connectivity index (χ0) is 41.3. The first-order valence-electron chi connectivity index (χ1n) is 17.7. The highest BCUT2D eigenvalue weighted by Crippen LogP contribution is 2.37. The molecule has 14 heteroatoms. The maximum atomic E-state index is 15.0. The third-order valence-corrected chi connectivity index (χ3v) is 9.68. The molecule has 0 aliphatic heterocycles. The maximum Gasteiger partial charge on any atom is 0.347 e. The van der Waals surface area contributed by atoms with Gasteiger partial charge in [0.25, 0.3) is 0 Å². The molecule has 0 saturated heterocycles. The average Bonchev–Trinajstić information content (AvgIpc) is 3.22. The SMILES string of the molecule is CCOc1ccc(Br)c(C(=O)Oc2c(Br)ccc(OCc3ccccc3)c2F)c1F.CCOc1ccc2c(c1F)c(=O)oc1c(F)c(OCc3ccccc3)ccc12. The van der Waals surface area contributed by atoms with Crippen molar-refractivity contribution < 1.29 is 50.5 Å². The molecule has 1 heterocycles. The Kier molecular flexibility index (Phi) is 13.7. The molecule has 0 radical (unpaired) electrons. The van der Waals surface area contributed by atoms with Crippen LogP contribution in [-0.4, -0.2) is 19.2 Å². The molecule has 1 aromatic heterocycles. The molecule has 0 unspecified atom stereocenters. The maximum absolute atomic E-state index is 15.0. The number of hydrogen-bond acceptors (Lipinski definition) is 8. The lowest BCUT2D eigenvalue weighted by molar-refractivity contribution is 0.0718. The first-order valence-corrected chi connectivity index (χ1v) is 19.3. The number of carbonyl (C=O) groups excluding carboxylic acids is 1. The van der Waals surface area contributed by atoms with Gasteiger partial charge in [-0.25, -0.2) is 18.4 Å². The van der Waals surface area contributed by atoms with Crippen LogP contribution in [-0.2, 0) is 13.2 Å². The molecule has 6 aromatic carbocycles. The normalized spacial score (nSPS) is 10.8. The van der Waals surface area contributed by atoms with Crippen molar-refractivity contribution >= 4 is 59.6 Å². The summed E-state index contributed by atoms with van der Waals surface area (Å²) in [5.74, 6) is -5.20. The predicted molar refractivity (Wildman–Crippen MR) is 217 cm³/mol. The van der Waals surface area contributed by atoms with E-state index in [0.717, 1.165) is 11.1 Å². The highest BCUT2D eigenvalue weighted by atomic mass is 79.9. The van der Waals surface area contributed by atoms with Gasteiger partial charge in [0.2, 0.25) is 11.6 Å². The second kappa shape index (κ2) is 19.1. The molecule has 0 N–H and O–H groups in total. The Bertz CT molecular complexity index is 2640. The van der Waals surface area contributed by atoms with E-state index >= 15 is 0 Å². The van der Waals surface area contributed by atoms with Gasteiger partial charge in [0.1, 0.15) is 24.2 Å². The Morgan fingerprint density at radius 2 is 1.05 bits per heavy atom. The van der Waals surface area contributed by atoms with Crippen molar-refractivity contribution in [2.24, 2.45) is 0 Å². The fraction of sp³-hybridized carbons (Fsp3) is 0.136. The van der Waals surface area contributed by atoms with Crippen molar-refractivity contribution in [2.75, 3.05) is 13.2 Å². The number of carbonyl (C=O) groups is 1. The van der Waals surface area contributed by atoms with Crippen LogP contribution in [0.1, 0.15) is 35.3 Å². The van der Waals surface area contributed by atoms with Gasteiger partial charge < -0.3 is 28.1 Å². The minimum Gasteiger partial charge on any atom is -0.491 e. The smallest absolute Gasteiger partial charge is 0.347 e. The summed E-state index contributed by atoms with van der Waals surface area (Å²) < 4.78 is 91.2. The molecule has 58 heavy (non-hydrogen) atoms. The third kappa shape index (κ3) is 9.29. The Labute approximate surface area is 346 Å². The first-order chi connectivity index (χ1) is 28.0. The van der Waals surface area contributed by atoms with E-state index < -0.39 is 46.2 Å². The van der Waals surface area contributed by atoms with Gasteiger partial charge in [0.15, 0.2) is 46.0 Å². The highest BCUT2D eigenvalue weighted by Gasteiger charge is 2.26. The van der Waals surface area contributed by atoms with Crippen LogP contribution in [0.5, 0.6) is 28.7 Å². The number of rotatable bonds is 12. The Hall–Kier alpha value is -5.86. The zero-order valence-corrected chi connectivity index (χ0v) is 33.9. The Morgan fingerprint density at radius 1 is 0.569 bits per heavy atom. The number of esters is 1. The quantitative estimate of drug-likeness (QED) is 0.0393. The lowest BCUT2D eigenvalue weighted by Gasteiger charge is -2.14. The summed E-state index contributed by atoms with van der Waals surface area (Å²) in [5.41, 5.74) is 0.0692. The summed E-state index contributed by atoms with van der Waals surface area (Å²) in [7, 11) is 0. The van der Waals surface area contributed by atoms with Gasteiger partial charge in [-0.1, -0.05) is 60.7 Å². The van der Waals surface area contributed by atoms with Crippen molar-refractivity contribution in [1.82, 2.24) is 0 Å². The van der Waals surface area contributed by atoms with E-state index in [9.17, 15) is 27.2 Å². The van der Waals surface area contributed by atoms with Crippen molar-refractivity contribution in [3.63, 3.8) is 0 Å². The van der Waals surface area contributed by atoms with Gasteiger partial charge >= 0.3 is 11.6 Å². The highest BCUT2D eigenvalue weighted by molar-refractivity contribution is 9.10. The van der Waals surface area contributed by atoms with Crippen LogP contribution in [0.15, 0.2) is 127 Å². The van der Waals surface area contributed by atoms with E-state index in [1.54, 1.807) is 19.9 Å². The van der Waals surface area contributed by atoms with Gasteiger partial charge in [0, 0.05) is 15.2 Å². The van der Waals surface area contributed by atoms with Crippen LogP contribution in [0.2, 0.25) is 0 Å². The molecule has 0 aliphatic rings. The molecular weight excluding hydrogens is 892 g/mol. The van der Waals surface area contributed by atoms with Gasteiger partial charge in [-0.05, 0) is 105 Å². The number of benzene rings is 6. The molecule has 8 nitrogen and oxygen atoms in total. The summed E-state index contributed by atoms with van der Waals surface area (Å²) in [6.07, 6.45) is 0. The Balaban J connectivity index is 0.000000196. The van der Waals surface area contributed by atoms with Gasteiger partial charge in [-0.2, -0.15) is 8.78 Å². The molecule has 0 spiro atoms. The number of ether oxygens (including phenoxy) is 5. The van der Waals surface area contributed by atoms with Crippen LogP contribution >= 0.6 is 31.9 Å². The molecular formula is C44H32Br2F4O8. The van der Waals surface area contributed by atoms with Crippen molar-refractivity contribution in [2.45, 2.75) is 27.1 Å². The van der Waals surface area contributed by atoms with E-state index in [4.69, 9.17) is 28.1 Å². The molecule has 298 valence electrons. The summed E-state index contributed by atoms with van der Waals surface area (Å²) in [4.78, 5) is 25.0. The summed E-state index contributed by atoms with van der Waals surface area (Å²) >= 11 is 6.27. The molecule has 0 amide bonds. The summed E-state index contributed by atoms with van der Waals surface area (Å²) in [5, 5.41) is 0.262. The van der Waals surface area contributed by atoms with Gasteiger partial charge in [-0.15, -0.1) is 0 Å². The molecule has 0 aliphatic carbocycles. The number of hydrogen-bond donors (Lipinski definition) is 0. The fourth-order valence-electron chi connectivity index (χ4n) is 5.67. The van der Waals surface area contributed by atoms with Crippen molar-refractivity contribution in [1.29, 1.82) is 0 Å². The van der Waals surface area contributed by atoms with Gasteiger partial charge in [-0.3, -0.25) is 0 Å². The zero-order valence-electron chi connectivity index (χ0n) is 30.8. The van der Waals surface area contributed by atoms with Crippen molar-refractivity contribution in [3.05, 3.63) is 169 Å². The van der Waals surface area contributed by atoms with Crippen LogP contribution in [0.3, 0.4) is 0 Å². The second-order valence-electron chi connectivity index (χ2n) is 12.2. The largest absolute Gasteiger partial charge is 0.491 e. The first kappa shape index (κ1) is 41.8. The van der Waals surface area contributed by atoms with Crippen LogP contribution < -0.4 is 29.3 Å². The molecule has 7 aromatic rings. The summed E-state index contributed by atoms with van der Waals surface area (Å²) in [6, 6.07) is 30.1. The van der Waals surface area contributed by atoms with Crippen LogP contribution in [0, 0.1) is 23.3 Å². The number of halogens is 6. The fourth-order valence-corrected chi connectivity index (χ4v) is 6.53. The lowest BCUT2D eigenvalue weighted by atomic mass is 10.1. The van der Waals surface area contributed by atoms with Crippen LogP contribution in [0.4, 0.5) is 17.6 Å². The summed E-state index contributed by atoms with van der Waals surface area (Å²) in [6.45, 7) is 4.15. The molecule has 0 fully saturated rings. The standard InChI is InChI=1S/C22H16Br2F2O4.C22H16F2O4/c1-2-28-16-10-8-14(23)18(19(16)25)22(27)30-21-15(24)9-11-17(20(21)26)29-12-13-6-4-3-5-7-13;1-2-26-16-10-8-14-15-9-11-17(27-12-13-6-4-3-5-7-13)20(24)21(15)28-22(25)18(14)19(16)23/h3-11H,2,12H2,1H3;3-11H,2,12H2,1H3. The molecule has 0 bridgehead atoms. The van der Waals surface area contributed by atoms with Crippen molar-refractivity contribution in [3.8, 4) is 28.7 Å². The monoisotopic (exact) mass is 922 g/mol. The number of fused-ring (bicyclic) bond motifs is 3. The molecule has 7 rings (SSSR count). The van der Waals surface area contributed by atoms with E-state index in [1.807, 2.05) is 60.7 Å². The van der Waals surface area contributed by atoms with E-state index in [0.29, 0.717) is 0 Å². The minimum atomic E-state index is -1.08. The third-order valence-electron chi connectivity index (χ3n) is 8.40.